The fraction of sp³-hybridized carbons (Fsp3) is 0.945. The SMILES string of the molecule is CCCCCCCCCCCCCCCCCCCCCCCC(O)C(CO)NC(=O)CCCCCCCCCCCCCC/C=C\CCCCCCCCCCCCCCOC(=O)CCCCCCCCCCCCCCC. The normalized spacial score (nSPS) is 12.5. The minimum absolute atomic E-state index is 0.0185. The van der Waals surface area contributed by atoms with Crippen molar-refractivity contribution in [3.8, 4) is 0 Å². The number of unbranched alkanes of at least 4 members (excludes halogenated alkanes) is 56. The summed E-state index contributed by atoms with van der Waals surface area (Å²) in [7, 11) is 0. The van der Waals surface area contributed by atoms with Gasteiger partial charge in [-0.15, -0.1) is 0 Å². The number of carbonyl (C=O) groups excluding carboxylic acids is 2. The Labute approximate surface area is 495 Å². The maximum atomic E-state index is 12.5. The van der Waals surface area contributed by atoms with E-state index in [2.05, 4.69) is 31.3 Å². The number of hydrogen-bond acceptors (Lipinski definition) is 5. The van der Waals surface area contributed by atoms with Crippen molar-refractivity contribution < 1.29 is 24.5 Å². The largest absolute Gasteiger partial charge is 0.466 e. The van der Waals surface area contributed by atoms with Gasteiger partial charge < -0.3 is 20.3 Å². The molecule has 0 aromatic rings. The van der Waals surface area contributed by atoms with E-state index in [0.29, 0.717) is 25.9 Å². The predicted molar refractivity (Wildman–Crippen MR) is 347 cm³/mol. The van der Waals surface area contributed by atoms with Crippen molar-refractivity contribution in [3.05, 3.63) is 12.2 Å². The zero-order valence-corrected chi connectivity index (χ0v) is 53.9. The zero-order valence-electron chi connectivity index (χ0n) is 53.9. The quantitative estimate of drug-likeness (QED) is 0.0320. The Kier molecular flexibility index (Phi) is 67.9. The number of aliphatic hydroxyl groups is 2. The Bertz CT molecular complexity index is 1190. The molecule has 0 saturated heterocycles. The standard InChI is InChI=1S/C73H143NO5/c1-3-5-7-9-11-13-15-17-18-19-20-29-32-35-38-42-45-49-53-57-61-65-71(76)70(69-75)74-72(77)66-62-58-54-50-46-43-39-36-33-30-27-25-23-21-22-24-26-28-31-34-37-40-44-48-52-56-60-64-68-79-73(78)67-63-59-55-51-47-41-16-14-12-10-8-6-4-2/h21-22,70-71,75-76H,3-20,23-69H2,1-2H3,(H,74,77)/b22-21-. The maximum Gasteiger partial charge on any atom is 0.305 e. The molecule has 6 nitrogen and oxygen atoms in total. The second kappa shape index (κ2) is 69.1. The number of amides is 1. The first-order chi connectivity index (χ1) is 39.0. The number of hydrogen-bond donors (Lipinski definition) is 3. The minimum atomic E-state index is -0.665. The van der Waals surface area contributed by atoms with Gasteiger partial charge >= 0.3 is 5.97 Å². The second-order valence-corrected chi connectivity index (χ2v) is 25.3. The Morgan fingerprint density at radius 1 is 0.342 bits per heavy atom. The van der Waals surface area contributed by atoms with Gasteiger partial charge in [0.05, 0.1) is 25.4 Å². The van der Waals surface area contributed by atoms with Gasteiger partial charge in [-0.05, 0) is 51.4 Å². The van der Waals surface area contributed by atoms with Crippen LogP contribution in [-0.2, 0) is 14.3 Å². The first-order valence-corrected chi connectivity index (χ1v) is 36.4. The van der Waals surface area contributed by atoms with Crippen molar-refractivity contribution >= 4 is 11.9 Å². The Morgan fingerprint density at radius 2 is 0.595 bits per heavy atom. The van der Waals surface area contributed by atoms with Crippen LogP contribution in [0.2, 0.25) is 0 Å². The number of esters is 1. The van der Waals surface area contributed by atoms with Crippen LogP contribution in [0.15, 0.2) is 12.2 Å². The number of aliphatic hydroxyl groups excluding tert-OH is 2. The molecule has 0 fully saturated rings. The highest BCUT2D eigenvalue weighted by Crippen LogP contribution is 2.19. The highest BCUT2D eigenvalue weighted by molar-refractivity contribution is 5.76. The second-order valence-electron chi connectivity index (χ2n) is 25.3. The molecule has 0 aliphatic heterocycles. The molecule has 0 radical (unpaired) electrons. The number of carbonyl (C=O) groups is 2. The third kappa shape index (κ3) is 65.6. The Hall–Kier alpha value is -1.40. The van der Waals surface area contributed by atoms with Crippen molar-refractivity contribution in [1.29, 1.82) is 0 Å². The lowest BCUT2D eigenvalue weighted by Crippen LogP contribution is -2.45. The lowest BCUT2D eigenvalue weighted by Gasteiger charge is -2.22. The average Bonchev–Trinajstić information content (AvgIpc) is 3.45. The average molecular weight is 1110 g/mol. The van der Waals surface area contributed by atoms with Gasteiger partial charge in [-0.1, -0.05) is 366 Å². The van der Waals surface area contributed by atoms with Crippen molar-refractivity contribution in [2.75, 3.05) is 13.2 Å². The Balaban J connectivity index is 3.37. The van der Waals surface area contributed by atoms with Crippen LogP contribution >= 0.6 is 0 Å². The van der Waals surface area contributed by atoms with Crippen molar-refractivity contribution in [2.45, 2.75) is 431 Å². The van der Waals surface area contributed by atoms with Gasteiger partial charge in [-0.25, -0.2) is 0 Å². The monoisotopic (exact) mass is 1110 g/mol. The van der Waals surface area contributed by atoms with Crippen LogP contribution in [0, 0.1) is 0 Å². The van der Waals surface area contributed by atoms with Crippen LogP contribution in [0.3, 0.4) is 0 Å². The van der Waals surface area contributed by atoms with E-state index in [0.717, 1.165) is 38.5 Å². The van der Waals surface area contributed by atoms with E-state index in [1.165, 1.54) is 347 Å². The molecule has 6 heteroatoms. The minimum Gasteiger partial charge on any atom is -0.466 e. The van der Waals surface area contributed by atoms with Crippen LogP contribution in [0.4, 0.5) is 0 Å². The van der Waals surface area contributed by atoms with E-state index in [1.54, 1.807) is 0 Å². The smallest absolute Gasteiger partial charge is 0.305 e. The molecule has 0 aliphatic carbocycles. The van der Waals surface area contributed by atoms with E-state index in [1.807, 2.05) is 0 Å². The summed E-state index contributed by atoms with van der Waals surface area (Å²) in [5.74, 6) is -0.0113. The summed E-state index contributed by atoms with van der Waals surface area (Å²) in [6, 6.07) is -0.542. The number of allylic oxidation sites excluding steroid dienone is 2. The summed E-state index contributed by atoms with van der Waals surface area (Å²) in [5, 5.41) is 23.4. The van der Waals surface area contributed by atoms with Crippen LogP contribution in [0.5, 0.6) is 0 Å². The molecular weight excluding hydrogens is 971 g/mol. The topological polar surface area (TPSA) is 95.9 Å². The van der Waals surface area contributed by atoms with E-state index in [9.17, 15) is 19.8 Å². The zero-order chi connectivity index (χ0) is 57.1. The molecule has 1 amide bonds. The molecule has 470 valence electrons. The first kappa shape index (κ1) is 77.6. The highest BCUT2D eigenvalue weighted by atomic mass is 16.5. The summed E-state index contributed by atoms with van der Waals surface area (Å²) in [6.07, 6.45) is 85.5. The van der Waals surface area contributed by atoms with Crippen molar-refractivity contribution in [1.82, 2.24) is 5.32 Å². The van der Waals surface area contributed by atoms with Crippen LogP contribution in [0.25, 0.3) is 0 Å². The van der Waals surface area contributed by atoms with Gasteiger partial charge in [0.1, 0.15) is 0 Å². The van der Waals surface area contributed by atoms with Gasteiger partial charge in [0.2, 0.25) is 5.91 Å². The molecule has 0 saturated carbocycles. The molecule has 0 rings (SSSR count). The lowest BCUT2D eigenvalue weighted by molar-refractivity contribution is -0.143. The highest BCUT2D eigenvalue weighted by Gasteiger charge is 2.20. The summed E-state index contributed by atoms with van der Waals surface area (Å²) < 4.78 is 5.49. The first-order valence-electron chi connectivity index (χ1n) is 36.4. The van der Waals surface area contributed by atoms with Crippen molar-refractivity contribution in [2.24, 2.45) is 0 Å². The fourth-order valence-corrected chi connectivity index (χ4v) is 11.8. The van der Waals surface area contributed by atoms with E-state index >= 15 is 0 Å². The van der Waals surface area contributed by atoms with Crippen LogP contribution < -0.4 is 5.32 Å². The summed E-state index contributed by atoms with van der Waals surface area (Å²) >= 11 is 0. The molecule has 2 atom stereocenters. The number of nitrogens with one attached hydrogen (secondary N) is 1. The van der Waals surface area contributed by atoms with Gasteiger partial charge in [-0.3, -0.25) is 9.59 Å². The van der Waals surface area contributed by atoms with E-state index < -0.39 is 12.1 Å². The van der Waals surface area contributed by atoms with Gasteiger partial charge in [0.25, 0.3) is 0 Å². The molecule has 0 heterocycles. The molecule has 0 aliphatic rings. The summed E-state index contributed by atoms with van der Waals surface area (Å²) in [4.78, 5) is 24.6. The van der Waals surface area contributed by atoms with Gasteiger partial charge in [0, 0.05) is 12.8 Å². The maximum absolute atomic E-state index is 12.5. The number of rotatable bonds is 69. The van der Waals surface area contributed by atoms with Gasteiger partial charge in [0.15, 0.2) is 0 Å². The molecule has 0 bridgehead atoms. The molecule has 79 heavy (non-hydrogen) atoms. The summed E-state index contributed by atoms with van der Waals surface area (Å²) in [5.41, 5.74) is 0. The van der Waals surface area contributed by atoms with Crippen LogP contribution in [-0.4, -0.2) is 47.4 Å². The third-order valence-corrected chi connectivity index (χ3v) is 17.3. The van der Waals surface area contributed by atoms with Crippen LogP contribution in [0.1, 0.15) is 418 Å². The molecule has 0 spiro atoms. The molecule has 0 aromatic carbocycles. The molecular formula is C73H143NO5. The Morgan fingerprint density at radius 3 is 0.899 bits per heavy atom. The summed E-state index contributed by atoms with van der Waals surface area (Å²) in [6.45, 7) is 5.00. The van der Waals surface area contributed by atoms with Gasteiger partial charge in [-0.2, -0.15) is 0 Å². The third-order valence-electron chi connectivity index (χ3n) is 17.3. The van der Waals surface area contributed by atoms with E-state index in [4.69, 9.17) is 4.74 Å². The fourth-order valence-electron chi connectivity index (χ4n) is 11.8. The molecule has 2 unspecified atom stereocenters. The molecule has 0 aromatic heterocycles. The predicted octanol–water partition coefficient (Wildman–Crippen LogP) is 23.5. The lowest BCUT2D eigenvalue weighted by atomic mass is 10.0. The van der Waals surface area contributed by atoms with E-state index in [-0.39, 0.29) is 18.5 Å². The molecule has 3 N–H and O–H groups in total. The van der Waals surface area contributed by atoms with Crippen molar-refractivity contribution in [3.63, 3.8) is 0 Å². The number of ether oxygens (including phenoxy) is 1.